The Hall–Kier alpha value is -2.30. The van der Waals surface area contributed by atoms with Gasteiger partial charge in [-0.1, -0.05) is 41.6 Å². The molecule has 0 fully saturated rings. The summed E-state index contributed by atoms with van der Waals surface area (Å²) in [6.07, 6.45) is -1.65. The van der Waals surface area contributed by atoms with E-state index in [4.69, 9.17) is 4.84 Å². The lowest BCUT2D eigenvalue weighted by atomic mass is 10.1. The van der Waals surface area contributed by atoms with Crippen molar-refractivity contribution in [3.63, 3.8) is 0 Å². The highest BCUT2D eigenvalue weighted by Gasteiger charge is 2.30. The van der Waals surface area contributed by atoms with Gasteiger partial charge >= 0.3 is 6.18 Å². The maximum atomic E-state index is 12.5. The first-order valence-electron chi connectivity index (χ1n) is 6.26. The molecule has 0 spiro atoms. The van der Waals surface area contributed by atoms with Gasteiger partial charge < -0.3 is 4.84 Å². The van der Waals surface area contributed by atoms with Crippen molar-refractivity contribution < 1.29 is 18.0 Å². The van der Waals surface area contributed by atoms with Crippen molar-refractivity contribution in [3.05, 3.63) is 70.8 Å². The number of nitrogens with zero attached hydrogens (tertiary/aromatic N) is 1. The fourth-order valence-electron chi connectivity index (χ4n) is 1.72. The molecule has 0 atom stereocenters. The van der Waals surface area contributed by atoms with E-state index >= 15 is 0 Å². The summed E-state index contributed by atoms with van der Waals surface area (Å²) in [6, 6.07) is 12.4. The van der Waals surface area contributed by atoms with Crippen LogP contribution < -0.4 is 0 Å². The molecule has 2 aromatic carbocycles. The highest BCUT2D eigenvalue weighted by atomic mass is 19.4. The molecule has 0 aliphatic rings. The van der Waals surface area contributed by atoms with Crippen LogP contribution in [0.2, 0.25) is 0 Å². The second-order valence-electron chi connectivity index (χ2n) is 4.49. The van der Waals surface area contributed by atoms with Gasteiger partial charge in [-0.2, -0.15) is 13.2 Å². The number of hydrogen-bond acceptors (Lipinski definition) is 2. The summed E-state index contributed by atoms with van der Waals surface area (Å²) in [5.41, 5.74) is 1.47. The van der Waals surface area contributed by atoms with Crippen LogP contribution in [0.1, 0.15) is 22.3 Å². The van der Waals surface area contributed by atoms with Crippen molar-refractivity contribution in [1.29, 1.82) is 0 Å². The summed E-state index contributed by atoms with van der Waals surface area (Å²) >= 11 is 0. The Morgan fingerprint density at radius 2 is 1.86 bits per heavy atom. The van der Waals surface area contributed by atoms with Crippen LogP contribution in [0.5, 0.6) is 0 Å². The molecule has 109 valence electrons. The van der Waals surface area contributed by atoms with E-state index in [2.05, 4.69) is 11.4 Å². The number of benzene rings is 2. The molecule has 2 rings (SSSR count). The average molecular weight is 292 g/mol. The van der Waals surface area contributed by atoms with Crippen molar-refractivity contribution >= 4 is 6.21 Å². The third-order valence-electron chi connectivity index (χ3n) is 2.86. The van der Waals surface area contributed by atoms with E-state index in [-0.39, 0.29) is 6.61 Å². The van der Waals surface area contributed by atoms with Crippen LogP contribution in [0.25, 0.3) is 0 Å². The molecule has 21 heavy (non-hydrogen) atoms. The van der Waals surface area contributed by atoms with Crippen LogP contribution in [0.3, 0.4) is 0 Å². The van der Waals surface area contributed by atoms with E-state index < -0.39 is 11.7 Å². The Labute approximate surface area is 120 Å². The first-order valence-corrected chi connectivity index (χ1v) is 6.26. The van der Waals surface area contributed by atoms with Crippen molar-refractivity contribution in [2.24, 2.45) is 5.16 Å². The summed E-state index contributed by atoms with van der Waals surface area (Å²) in [6.45, 7) is 1.87. The van der Waals surface area contributed by atoms with Crippen molar-refractivity contribution in [3.8, 4) is 0 Å². The fraction of sp³-hybridized carbons (Fsp3) is 0.188. The van der Waals surface area contributed by atoms with Crippen LogP contribution in [-0.2, 0) is 17.6 Å². The number of halogens is 3. The molecule has 2 aromatic rings. The SMILES string of the molecule is Cc1ccccc1/[C]=N\OCc1cccc(C(F)(F)F)c1. The van der Waals surface area contributed by atoms with Gasteiger partial charge in [0.2, 0.25) is 0 Å². The largest absolute Gasteiger partial charge is 0.416 e. The zero-order valence-electron chi connectivity index (χ0n) is 11.3. The van der Waals surface area contributed by atoms with Gasteiger partial charge in [0.05, 0.1) is 5.56 Å². The Morgan fingerprint density at radius 3 is 2.57 bits per heavy atom. The quantitative estimate of drug-likeness (QED) is 0.603. The molecule has 0 aliphatic carbocycles. The Bertz CT molecular complexity index is 635. The van der Waals surface area contributed by atoms with E-state index in [1.807, 2.05) is 31.2 Å². The van der Waals surface area contributed by atoms with Gasteiger partial charge in [0.25, 0.3) is 0 Å². The van der Waals surface area contributed by atoms with Gasteiger partial charge in [0.1, 0.15) is 12.8 Å². The molecule has 0 bridgehead atoms. The number of alkyl halides is 3. The predicted molar refractivity (Wildman–Crippen MR) is 73.9 cm³/mol. The summed E-state index contributed by atoms with van der Waals surface area (Å²) in [5.74, 6) is 0. The zero-order chi connectivity index (χ0) is 15.3. The lowest BCUT2D eigenvalue weighted by Gasteiger charge is -2.07. The molecule has 0 amide bonds. The third-order valence-corrected chi connectivity index (χ3v) is 2.86. The third kappa shape index (κ3) is 4.34. The molecule has 0 saturated carbocycles. The molecule has 0 heterocycles. The Morgan fingerprint density at radius 1 is 1.10 bits per heavy atom. The highest BCUT2D eigenvalue weighted by molar-refractivity contribution is 5.81. The minimum absolute atomic E-state index is 0.0389. The molecular weight excluding hydrogens is 279 g/mol. The predicted octanol–water partition coefficient (Wildman–Crippen LogP) is 4.44. The molecule has 0 aromatic heterocycles. The lowest BCUT2D eigenvalue weighted by molar-refractivity contribution is -0.137. The Kier molecular flexibility index (Phi) is 4.62. The topological polar surface area (TPSA) is 21.6 Å². The zero-order valence-corrected chi connectivity index (χ0v) is 11.3. The van der Waals surface area contributed by atoms with Gasteiger partial charge in [-0.25, -0.2) is 0 Å². The van der Waals surface area contributed by atoms with Crippen molar-refractivity contribution in [2.45, 2.75) is 19.7 Å². The van der Waals surface area contributed by atoms with Crippen molar-refractivity contribution in [1.82, 2.24) is 0 Å². The second-order valence-corrected chi connectivity index (χ2v) is 4.49. The molecule has 0 aliphatic heterocycles. The van der Waals surface area contributed by atoms with Gasteiger partial charge in [0, 0.05) is 5.56 Å². The molecule has 2 nitrogen and oxygen atoms in total. The van der Waals surface area contributed by atoms with Gasteiger partial charge in [-0.05, 0) is 30.2 Å². The minimum atomic E-state index is -4.35. The smallest absolute Gasteiger partial charge is 0.390 e. The van der Waals surface area contributed by atoms with Crippen LogP contribution in [0.15, 0.2) is 53.7 Å². The summed E-state index contributed by atoms with van der Waals surface area (Å²) in [7, 11) is 0. The number of hydrogen-bond donors (Lipinski definition) is 0. The van der Waals surface area contributed by atoms with Crippen LogP contribution in [0, 0.1) is 6.92 Å². The first-order chi connectivity index (χ1) is 9.97. The second kappa shape index (κ2) is 6.43. The lowest BCUT2D eigenvalue weighted by Crippen LogP contribution is -2.05. The van der Waals surface area contributed by atoms with E-state index in [1.165, 1.54) is 6.07 Å². The highest BCUT2D eigenvalue weighted by Crippen LogP contribution is 2.29. The average Bonchev–Trinajstić information content (AvgIpc) is 2.45. The molecule has 0 N–H and O–H groups in total. The number of aryl methyl sites for hydroxylation is 1. The monoisotopic (exact) mass is 292 g/mol. The summed E-state index contributed by atoms with van der Waals surface area (Å²) in [5, 5.41) is 3.66. The molecule has 1 radical (unpaired) electrons. The van der Waals surface area contributed by atoms with E-state index in [9.17, 15) is 13.2 Å². The standard InChI is InChI=1S/C16H13F3NO/c1-12-5-2-3-7-14(12)10-20-21-11-13-6-4-8-15(9-13)16(17,18)19/h2-9H,11H2,1H3. The van der Waals surface area contributed by atoms with Gasteiger partial charge in [-0.3, -0.25) is 0 Å². The minimum Gasteiger partial charge on any atom is -0.390 e. The van der Waals surface area contributed by atoms with Gasteiger partial charge in [-0.15, -0.1) is 0 Å². The molecule has 0 saturated heterocycles. The maximum absolute atomic E-state index is 12.5. The van der Waals surface area contributed by atoms with Crippen LogP contribution >= 0.6 is 0 Å². The van der Waals surface area contributed by atoms with E-state index in [1.54, 1.807) is 6.07 Å². The van der Waals surface area contributed by atoms with E-state index in [0.717, 1.165) is 23.3 Å². The Balaban J connectivity index is 1.97. The molecule has 0 unspecified atom stereocenters. The summed E-state index contributed by atoms with van der Waals surface area (Å²) < 4.78 is 37.6. The van der Waals surface area contributed by atoms with Crippen LogP contribution in [-0.4, -0.2) is 6.21 Å². The number of rotatable bonds is 4. The van der Waals surface area contributed by atoms with Crippen molar-refractivity contribution in [2.75, 3.05) is 0 Å². The van der Waals surface area contributed by atoms with Crippen LogP contribution in [0.4, 0.5) is 13.2 Å². The van der Waals surface area contributed by atoms with E-state index in [0.29, 0.717) is 5.56 Å². The normalized spacial score (nSPS) is 11.8. The van der Waals surface area contributed by atoms with Gasteiger partial charge in [0.15, 0.2) is 0 Å². The summed E-state index contributed by atoms with van der Waals surface area (Å²) in [4.78, 5) is 4.99. The fourth-order valence-corrected chi connectivity index (χ4v) is 1.72. The first kappa shape index (κ1) is 15.1. The maximum Gasteiger partial charge on any atom is 0.416 e. The molecular formula is C16H13F3NO. The molecule has 5 heteroatoms.